The first-order valence-electron chi connectivity index (χ1n) is 8.72. The molecule has 1 atom stereocenters. The van der Waals surface area contributed by atoms with Gasteiger partial charge in [0.05, 0.1) is 20.7 Å². The summed E-state index contributed by atoms with van der Waals surface area (Å²) in [7, 11) is 0. The van der Waals surface area contributed by atoms with Crippen molar-refractivity contribution in [3.8, 4) is 0 Å². The van der Waals surface area contributed by atoms with Crippen molar-refractivity contribution in [3.05, 3.63) is 104 Å². The lowest BCUT2D eigenvalue weighted by Gasteiger charge is -2.19. The number of non-ortho nitro benzene ring substituents is 1. The number of anilines is 1. The second-order valence-corrected chi connectivity index (χ2v) is 7.02. The summed E-state index contributed by atoms with van der Waals surface area (Å²) < 4.78 is 19.4. The molecule has 3 rings (SSSR count). The molecule has 0 radical (unpaired) electrons. The Balaban J connectivity index is 1.90. The third-order valence-electron chi connectivity index (χ3n) is 4.15. The summed E-state index contributed by atoms with van der Waals surface area (Å²) in [6.45, 7) is 0. The molecule has 3 aromatic carbocycles. The maximum Gasteiger partial charge on any atom is 0.343 e. The minimum absolute atomic E-state index is 0.0678. The van der Waals surface area contributed by atoms with Gasteiger partial charge < -0.3 is 10.1 Å². The average molecular weight is 463 g/mol. The number of hydrogen-bond acceptors (Lipinski definition) is 5. The normalized spacial score (nSPS) is 11.5. The number of ether oxygens (including phenoxy) is 1. The van der Waals surface area contributed by atoms with Crippen LogP contribution >= 0.6 is 23.2 Å². The Morgan fingerprint density at radius 1 is 1.00 bits per heavy atom. The summed E-state index contributed by atoms with van der Waals surface area (Å²) in [6.07, 6.45) is -1.48. The van der Waals surface area contributed by atoms with E-state index in [4.69, 9.17) is 27.9 Å². The third-order valence-corrected chi connectivity index (χ3v) is 4.78. The Bertz CT molecular complexity index is 1140. The van der Waals surface area contributed by atoms with Gasteiger partial charge in [0.25, 0.3) is 11.6 Å². The van der Waals surface area contributed by atoms with Crippen LogP contribution in [0.25, 0.3) is 0 Å². The fraction of sp³-hybridized carbons (Fsp3) is 0.0476. The summed E-state index contributed by atoms with van der Waals surface area (Å²) in [5, 5.41) is 13.1. The highest BCUT2D eigenvalue weighted by atomic mass is 35.5. The summed E-state index contributed by atoms with van der Waals surface area (Å²) in [6, 6.07) is 15.2. The van der Waals surface area contributed by atoms with Crippen molar-refractivity contribution in [2.45, 2.75) is 6.10 Å². The predicted octanol–water partition coefficient (Wildman–Crippen LogP) is 5.58. The van der Waals surface area contributed by atoms with Crippen molar-refractivity contribution in [3.63, 3.8) is 0 Å². The fourth-order valence-electron chi connectivity index (χ4n) is 2.68. The lowest BCUT2D eigenvalue weighted by atomic mass is 10.1. The number of nitro groups is 1. The number of halogens is 3. The van der Waals surface area contributed by atoms with Gasteiger partial charge in [0.2, 0.25) is 6.10 Å². The molecule has 1 amide bonds. The van der Waals surface area contributed by atoms with Crippen LogP contribution < -0.4 is 5.32 Å². The molecule has 10 heteroatoms. The Hall–Kier alpha value is -3.49. The number of nitrogens with one attached hydrogen (secondary N) is 1. The summed E-state index contributed by atoms with van der Waals surface area (Å²) in [4.78, 5) is 35.7. The zero-order valence-corrected chi connectivity index (χ0v) is 17.1. The molecule has 0 bridgehead atoms. The molecule has 0 fully saturated rings. The maximum absolute atomic E-state index is 14.1. The molecule has 0 aliphatic heterocycles. The Kier molecular flexibility index (Phi) is 6.84. The van der Waals surface area contributed by atoms with Crippen molar-refractivity contribution < 1.29 is 23.6 Å². The topological polar surface area (TPSA) is 98.5 Å². The number of benzene rings is 3. The van der Waals surface area contributed by atoms with Gasteiger partial charge in [-0.05, 0) is 18.2 Å². The summed E-state index contributed by atoms with van der Waals surface area (Å²) in [5.74, 6) is -2.84. The van der Waals surface area contributed by atoms with Crippen molar-refractivity contribution in [2.75, 3.05) is 5.32 Å². The van der Waals surface area contributed by atoms with E-state index in [1.165, 1.54) is 30.3 Å². The number of nitro benzene ring substituents is 1. The van der Waals surface area contributed by atoms with Gasteiger partial charge in [-0.15, -0.1) is 0 Å². The highest BCUT2D eigenvalue weighted by Crippen LogP contribution is 2.29. The minimum atomic E-state index is -1.48. The molecule has 7 nitrogen and oxygen atoms in total. The van der Waals surface area contributed by atoms with Gasteiger partial charge in [-0.1, -0.05) is 59.6 Å². The Morgan fingerprint density at radius 3 is 2.32 bits per heavy atom. The Labute approximate surface area is 185 Å². The van der Waals surface area contributed by atoms with Crippen molar-refractivity contribution in [1.29, 1.82) is 0 Å². The highest BCUT2D eigenvalue weighted by molar-refractivity contribution is 6.34. The number of carbonyl (C=O) groups is 2. The zero-order chi connectivity index (χ0) is 22.5. The first kappa shape index (κ1) is 22.2. The molecule has 0 saturated carbocycles. The van der Waals surface area contributed by atoms with E-state index < -0.39 is 34.3 Å². The molecule has 3 aromatic rings. The van der Waals surface area contributed by atoms with Crippen LogP contribution in [0.3, 0.4) is 0 Å². The zero-order valence-electron chi connectivity index (χ0n) is 15.6. The smallest absolute Gasteiger partial charge is 0.343 e. The molecule has 31 heavy (non-hydrogen) atoms. The van der Waals surface area contributed by atoms with Crippen LogP contribution in [0, 0.1) is 15.9 Å². The van der Waals surface area contributed by atoms with E-state index in [0.717, 1.165) is 18.2 Å². The monoisotopic (exact) mass is 462 g/mol. The molecule has 1 N–H and O–H groups in total. The van der Waals surface area contributed by atoms with Crippen LogP contribution in [-0.2, 0) is 9.53 Å². The molecule has 0 spiro atoms. The van der Waals surface area contributed by atoms with Gasteiger partial charge >= 0.3 is 5.97 Å². The number of rotatable bonds is 6. The van der Waals surface area contributed by atoms with Crippen LogP contribution in [0.1, 0.15) is 22.0 Å². The lowest BCUT2D eigenvalue weighted by Crippen LogP contribution is -2.26. The molecular formula is C21H13Cl2FN2O5. The van der Waals surface area contributed by atoms with E-state index in [1.54, 1.807) is 18.2 Å². The van der Waals surface area contributed by atoms with Gasteiger partial charge in [-0.2, -0.15) is 0 Å². The molecule has 0 aromatic heterocycles. The number of carbonyl (C=O) groups excluding carboxylic acids is 2. The van der Waals surface area contributed by atoms with E-state index in [1.807, 2.05) is 0 Å². The largest absolute Gasteiger partial charge is 0.444 e. The molecule has 0 saturated heterocycles. The summed E-state index contributed by atoms with van der Waals surface area (Å²) >= 11 is 11.9. The molecule has 158 valence electrons. The fourth-order valence-corrected chi connectivity index (χ4v) is 3.14. The van der Waals surface area contributed by atoms with E-state index in [9.17, 15) is 24.1 Å². The number of esters is 1. The molecule has 0 heterocycles. The van der Waals surface area contributed by atoms with Crippen molar-refractivity contribution in [1.82, 2.24) is 0 Å². The first-order valence-corrected chi connectivity index (χ1v) is 9.48. The van der Waals surface area contributed by atoms with Gasteiger partial charge in [-0.3, -0.25) is 14.9 Å². The number of nitrogens with zero attached hydrogens (tertiary/aromatic N) is 1. The van der Waals surface area contributed by atoms with Gasteiger partial charge in [0, 0.05) is 17.7 Å². The van der Waals surface area contributed by atoms with E-state index in [-0.39, 0.29) is 21.4 Å². The van der Waals surface area contributed by atoms with Crippen LogP contribution in [0.15, 0.2) is 66.7 Å². The van der Waals surface area contributed by atoms with E-state index in [0.29, 0.717) is 5.56 Å². The maximum atomic E-state index is 14.1. The Morgan fingerprint density at radius 2 is 1.71 bits per heavy atom. The van der Waals surface area contributed by atoms with Crippen molar-refractivity contribution >= 4 is 46.5 Å². The van der Waals surface area contributed by atoms with Crippen LogP contribution in [0.2, 0.25) is 10.0 Å². The number of amides is 1. The summed E-state index contributed by atoms with van der Waals surface area (Å²) in [5.41, 5.74) is -0.397. The van der Waals surface area contributed by atoms with E-state index in [2.05, 4.69) is 5.32 Å². The average Bonchev–Trinajstić information content (AvgIpc) is 2.73. The second-order valence-electron chi connectivity index (χ2n) is 6.20. The van der Waals surface area contributed by atoms with Crippen molar-refractivity contribution in [2.24, 2.45) is 0 Å². The molecular weight excluding hydrogens is 450 g/mol. The SMILES string of the molecule is O=C(O[C@H](C(=O)Nc1ccc([N+](=O)[O-])cc1Cl)c1ccccc1)c1c(F)cccc1Cl. The standard InChI is InChI=1S/C21H13Cl2FN2O5/c22-14-7-4-8-16(24)18(14)21(28)31-19(12-5-2-1-3-6-12)20(27)25-17-10-9-13(26(29)30)11-15(17)23/h1-11,19H,(H,25,27)/t19-/m0/s1. The van der Waals surface area contributed by atoms with Crippen LogP contribution in [0.5, 0.6) is 0 Å². The second kappa shape index (κ2) is 9.55. The van der Waals surface area contributed by atoms with E-state index >= 15 is 0 Å². The first-order chi connectivity index (χ1) is 14.8. The predicted molar refractivity (Wildman–Crippen MR) is 113 cm³/mol. The molecule has 0 aliphatic carbocycles. The molecule has 0 unspecified atom stereocenters. The van der Waals surface area contributed by atoms with Gasteiger partial charge in [-0.25, -0.2) is 9.18 Å². The third kappa shape index (κ3) is 5.17. The van der Waals surface area contributed by atoms with Crippen LogP contribution in [-0.4, -0.2) is 16.8 Å². The quantitative estimate of drug-likeness (QED) is 0.293. The van der Waals surface area contributed by atoms with Gasteiger partial charge in [0.1, 0.15) is 11.4 Å². The molecule has 0 aliphatic rings. The van der Waals surface area contributed by atoms with Crippen LogP contribution in [0.4, 0.5) is 15.8 Å². The highest BCUT2D eigenvalue weighted by Gasteiger charge is 2.28. The van der Waals surface area contributed by atoms with Gasteiger partial charge in [0.15, 0.2) is 0 Å². The number of hydrogen-bond donors (Lipinski definition) is 1. The lowest BCUT2D eigenvalue weighted by molar-refractivity contribution is -0.384. The minimum Gasteiger partial charge on any atom is -0.444 e.